The first-order valence-corrected chi connectivity index (χ1v) is 9.65. The van der Waals surface area contributed by atoms with Crippen LogP contribution >= 0.6 is 0 Å². The molecule has 8 nitrogen and oxygen atoms in total. The van der Waals surface area contributed by atoms with Crippen LogP contribution in [0.25, 0.3) is 44.8 Å². The van der Waals surface area contributed by atoms with Gasteiger partial charge >= 0.3 is 0 Å². The van der Waals surface area contributed by atoms with Gasteiger partial charge in [0.05, 0.1) is 34.1 Å². The fourth-order valence-electron chi connectivity index (χ4n) is 3.22. The number of fused-ring (bicyclic) bond motifs is 2. The number of amides is 1. The average Bonchev–Trinajstić information content (AvgIpc) is 3.37. The molecule has 4 aromatic heterocycles. The fraction of sp³-hybridized carbons (Fsp3) is 0.136. The van der Waals surface area contributed by atoms with Crippen LogP contribution in [0, 0.1) is 5.92 Å². The van der Waals surface area contributed by atoms with Gasteiger partial charge in [-0.3, -0.25) is 14.9 Å². The van der Waals surface area contributed by atoms with Crippen molar-refractivity contribution in [3.63, 3.8) is 0 Å². The van der Waals surface area contributed by atoms with Crippen molar-refractivity contribution < 1.29 is 4.79 Å². The summed E-state index contributed by atoms with van der Waals surface area (Å²) in [5, 5.41) is 10.3. The molecule has 0 atom stereocenters. The molecule has 148 valence electrons. The smallest absolute Gasteiger partial charge is 0.226 e. The molecule has 30 heavy (non-hydrogen) atoms. The average molecular weight is 397 g/mol. The highest BCUT2D eigenvalue weighted by Gasteiger charge is 2.15. The second-order valence-electron chi connectivity index (χ2n) is 7.37. The molecule has 0 spiro atoms. The number of imidazole rings is 1. The number of carbonyl (C=O) groups is 1. The highest BCUT2D eigenvalue weighted by molar-refractivity contribution is 5.93. The Morgan fingerprint density at radius 2 is 1.90 bits per heavy atom. The molecule has 0 radical (unpaired) electrons. The monoisotopic (exact) mass is 397 g/mol. The highest BCUT2D eigenvalue weighted by Crippen LogP contribution is 2.28. The van der Waals surface area contributed by atoms with Crippen LogP contribution in [-0.4, -0.2) is 36.0 Å². The summed E-state index contributed by atoms with van der Waals surface area (Å²) in [6.45, 7) is 3.70. The van der Waals surface area contributed by atoms with Gasteiger partial charge in [-0.2, -0.15) is 5.10 Å². The number of aromatic nitrogens is 6. The lowest BCUT2D eigenvalue weighted by molar-refractivity contribution is -0.118. The van der Waals surface area contributed by atoms with Crippen LogP contribution < -0.4 is 5.32 Å². The largest absolute Gasteiger partial charge is 0.337 e. The number of aromatic amines is 2. The third kappa shape index (κ3) is 3.18. The number of hydrogen-bond acceptors (Lipinski definition) is 5. The van der Waals surface area contributed by atoms with E-state index in [1.165, 1.54) is 0 Å². The van der Waals surface area contributed by atoms with Crippen molar-refractivity contribution >= 4 is 33.7 Å². The van der Waals surface area contributed by atoms with Crippen LogP contribution in [0.1, 0.15) is 13.8 Å². The van der Waals surface area contributed by atoms with E-state index in [0.29, 0.717) is 22.7 Å². The van der Waals surface area contributed by atoms with Crippen LogP contribution in [0.15, 0.2) is 54.9 Å². The Labute approximate surface area is 171 Å². The number of benzene rings is 1. The van der Waals surface area contributed by atoms with Crippen molar-refractivity contribution in [2.24, 2.45) is 5.92 Å². The highest BCUT2D eigenvalue weighted by atomic mass is 16.1. The van der Waals surface area contributed by atoms with E-state index in [1.54, 1.807) is 12.4 Å². The Kier molecular flexibility index (Phi) is 4.24. The third-order valence-electron chi connectivity index (χ3n) is 4.85. The molecular weight excluding hydrogens is 378 g/mol. The van der Waals surface area contributed by atoms with Gasteiger partial charge < -0.3 is 10.3 Å². The lowest BCUT2D eigenvalue weighted by atomic mass is 10.1. The normalized spacial score (nSPS) is 11.4. The van der Waals surface area contributed by atoms with Crippen molar-refractivity contribution in [1.82, 2.24) is 30.1 Å². The third-order valence-corrected chi connectivity index (χ3v) is 4.85. The summed E-state index contributed by atoms with van der Waals surface area (Å²) in [4.78, 5) is 29.0. The lowest BCUT2D eigenvalue weighted by Crippen LogP contribution is -2.17. The molecule has 5 rings (SSSR count). The summed E-state index contributed by atoms with van der Waals surface area (Å²) in [6.07, 6.45) is 3.35. The summed E-state index contributed by atoms with van der Waals surface area (Å²) < 4.78 is 0. The first-order valence-electron chi connectivity index (χ1n) is 9.65. The molecule has 1 amide bonds. The minimum atomic E-state index is -0.111. The lowest BCUT2D eigenvalue weighted by Gasteiger charge is -2.08. The van der Waals surface area contributed by atoms with Crippen molar-refractivity contribution in [3.8, 4) is 22.8 Å². The molecule has 8 heteroatoms. The predicted octanol–water partition coefficient (Wildman–Crippen LogP) is 4.16. The summed E-state index contributed by atoms with van der Waals surface area (Å²) >= 11 is 0. The molecule has 0 aliphatic carbocycles. The zero-order chi connectivity index (χ0) is 20.7. The zero-order valence-corrected chi connectivity index (χ0v) is 16.5. The van der Waals surface area contributed by atoms with E-state index in [2.05, 4.69) is 30.5 Å². The van der Waals surface area contributed by atoms with E-state index < -0.39 is 0 Å². The Bertz CT molecular complexity index is 1350. The number of para-hydroxylation sites is 2. The predicted molar refractivity (Wildman–Crippen MR) is 116 cm³/mol. The summed E-state index contributed by atoms with van der Waals surface area (Å²) in [5.41, 5.74) is 6.16. The van der Waals surface area contributed by atoms with Crippen molar-refractivity contribution in [2.75, 3.05) is 5.32 Å². The van der Waals surface area contributed by atoms with Gasteiger partial charge in [0.25, 0.3) is 0 Å². The number of nitrogens with one attached hydrogen (secondary N) is 3. The van der Waals surface area contributed by atoms with E-state index >= 15 is 0 Å². The Hall–Kier alpha value is -4.07. The molecule has 0 saturated heterocycles. The van der Waals surface area contributed by atoms with Crippen molar-refractivity contribution in [3.05, 3.63) is 54.9 Å². The van der Waals surface area contributed by atoms with Crippen LogP contribution in [-0.2, 0) is 4.79 Å². The molecule has 0 aliphatic rings. The van der Waals surface area contributed by atoms with Gasteiger partial charge in [-0.15, -0.1) is 0 Å². The molecule has 5 aromatic rings. The molecule has 3 N–H and O–H groups in total. The number of anilines is 1. The van der Waals surface area contributed by atoms with Gasteiger partial charge in [0.2, 0.25) is 5.91 Å². The summed E-state index contributed by atoms with van der Waals surface area (Å²) in [6, 6.07) is 13.5. The SMILES string of the molecule is CC(C)C(=O)Nc1cncc(-c2ccc3[nH]nc(-c4nc5ccccc5[nH]4)c3n2)c1. The van der Waals surface area contributed by atoms with E-state index in [9.17, 15) is 4.79 Å². The molecule has 0 aliphatic heterocycles. The van der Waals surface area contributed by atoms with Gasteiger partial charge in [-0.05, 0) is 30.3 Å². The number of carbonyl (C=O) groups excluding carboxylic acids is 1. The van der Waals surface area contributed by atoms with Gasteiger partial charge in [0, 0.05) is 17.7 Å². The van der Waals surface area contributed by atoms with Crippen LogP contribution in [0.3, 0.4) is 0 Å². The van der Waals surface area contributed by atoms with Crippen LogP contribution in [0.4, 0.5) is 5.69 Å². The van der Waals surface area contributed by atoms with E-state index in [4.69, 9.17) is 4.98 Å². The van der Waals surface area contributed by atoms with Gasteiger partial charge in [-0.25, -0.2) is 9.97 Å². The molecule has 1 aromatic carbocycles. The second kappa shape index (κ2) is 7.07. The number of pyridine rings is 2. The molecule has 4 heterocycles. The Balaban J connectivity index is 1.55. The fourth-order valence-corrected chi connectivity index (χ4v) is 3.22. The van der Waals surface area contributed by atoms with Gasteiger partial charge in [-0.1, -0.05) is 26.0 Å². The number of hydrogen-bond donors (Lipinski definition) is 3. The number of H-pyrrole nitrogens is 2. The molecule has 0 unspecified atom stereocenters. The van der Waals surface area contributed by atoms with Gasteiger partial charge in [0.15, 0.2) is 11.5 Å². The Morgan fingerprint density at radius 1 is 1.03 bits per heavy atom. The first kappa shape index (κ1) is 18.0. The maximum atomic E-state index is 12.0. The minimum absolute atomic E-state index is 0.0561. The summed E-state index contributed by atoms with van der Waals surface area (Å²) in [5.74, 6) is 0.489. The molecular formula is C22H19N7O. The quantitative estimate of drug-likeness (QED) is 0.422. The number of rotatable bonds is 4. The van der Waals surface area contributed by atoms with E-state index in [1.807, 2.05) is 56.3 Å². The van der Waals surface area contributed by atoms with E-state index in [-0.39, 0.29) is 11.8 Å². The summed E-state index contributed by atoms with van der Waals surface area (Å²) in [7, 11) is 0. The standard InChI is InChI=1S/C22H19N7O/c1-12(2)22(30)24-14-9-13(10-23-11-14)15-7-8-18-19(25-15)20(29-28-18)21-26-16-5-3-4-6-17(16)27-21/h3-12H,1-2H3,(H,24,30)(H,26,27)(H,28,29). The minimum Gasteiger partial charge on any atom is -0.337 e. The molecule has 0 bridgehead atoms. The molecule has 0 saturated carbocycles. The maximum absolute atomic E-state index is 12.0. The Morgan fingerprint density at radius 3 is 2.73 bits per heavy atom. The van der Waals surface area contributed by atoms with Crippen molar-refractivity contribution in [2.45, 2.75) is 13.8 Å². The van der Waals surface area contributed by atoms with Crippen molar-refractivity contribution in [1.29, 1.82) is 0 Å². The van der Waals surface area contributed by atoms with Crippen LogP contribution in [0.2, 0.25) is 0 Å². The van der Waals surface area contributed by atoms with Crippen LogP contribution in [0.5, 0.6) is 0 Å². The van der Waals surface area contributed by atoms with Gasteiger partial charge in [0.1, 0.15) is 5.52 Å². The first-order chi connectivity index (χ1) is 14.6. The second-order valence-corrected chi connectivity index (χ2v) is 7.37. The van der Waals surface area contributed by atoms with E-state index in [0.717, 1.165) is 27.8 Å². The maximum Gasteiger partial charge on any atom is 0.226 e. The topological polar surface area (TPSA) is 112 Å². The zero-order valence-electron chi connectivity index (χ0n) is 16.5. The number of nitrogens with zero attached hydrogens (tertiary/aromatic N) is 4. The molecule has 0 fully saturated rings.